The summed E-state index contributed by atoms with van der Waals surface area (Å²) in [6, 6.07) is 12.2. The standard InChI is InChI=1S/C20H27N5O/c1-2-6-18(7-3-1)26-15-14-23-10-12-25(13-11-23)20-16-19(21-17-22-20)24-8-4-5-9-24/h1-3,6-7,16-17H,4-5,8-15H2. The lowest BCUT2D eigenvalue weighted by molar-refractivity contribution is 0.200. The molecule has 0 saturated carbocycles. The fraction of sp³-hybridized carbons (Fsp3) is 0.500. The fourth-order valence-corrected chi connectivity index (χ4v) is 3.64. The monoisotopic (exact) mass is 353 g/mol. The molecule has 1 aromatic heterocycles. The molecule has 0 aliphatic carbocycles. The topological polar surface area (TPSA) is 44.7 Å². The Kier molecular flexibility index (Phi) is 5.50. The minimum Gasteiger partial charge on any atom is -0.492 e. The van der Waals surface area contributed by atoms with E-state index in [1.54, 1.807) is 6.33 Å². The number of hydrogen-bond acceptors (Lipinski definition) is 6. The van der Waals surface area contributed by atoms with Gasteiger partial charge in [-0.25, -0.2) is 9.97 Å². The average Bonchev–Trinajstić information content (AvgIpc) is 3.24. The minimum atomic E-state index is 0.733. The lowest BCUT2D eigenvalue weighted by atomic mass is 10.3. The molecule has 0 amide bonds. The zero-order chi connectivity index (χ0) is 17.6. The van der Waals surface area contributed by atoms with E-state index in [4.69, 9.17) is 4.74 Å². The van der Waals surface area contributed by atoms with Crippen molar-refractivity contribution in [2.45, 2.75) is 12.8 Å². The molecule has 0 spiro atoms. The molecular formula is C20H27N5O. The van der Waals surface area contributed by atoms with Crippen LogP contribution in [0.25, 0.3) is 0 Å². The van der Waals surface area contributed by atoms with E-state index in [1.807, 2.05) is 30.3 Å². The molecule has 0 bridgehead atoms. The third-order valence-corrected chi connectivity index (χ3v) is 5.18. The highest BCUT2D eigenvalue weighted by atomic mass is 16.5. The van der Waals surface area contributed by atoms with Crippen LogP contribution in [0.2, 0.25) is 0 Å². The van der Waals surface area contributed by atoms with Crippen LogP contribution >= 0.6 is 0 Å². The third kappa shape index (κ3) is 4.25. The van der Waals surface area contributed by atoms with Crippen LogP contribution in [0.5, 0.6) is 5.75 Å². The van der Waals surface area contributed by atoms with Gasteiger partial charge in [0.2, 0.25) is 0 Å². The number of para-hydroxylation sites is 1. The summed E-state index contributed by atoms with van der Waals surface area (Å²) >= 11 is 0. The van der Waals surface area contributed by atoms with E-state index in [1.165, 1.54) is 12.8 Å². The smallest absolute Gasteiger partial charge is 0.134 e. The molecule has 2 aromatic rings. The normalized spacial score (nSPS) is 18.3. The highest BCUT2D eigenvalue weighted by molar-refractivity contribution is 5.50. The van der Waals surface area contributed by atoms with Gasteiger partial charge in [0.1, 0.15) is 30.3 Å². The maximum Gasteiger partial charge on any atom is 0.134 e. The Balaban J connectivity index is 1.25. The SMILES string of the molecule is c1ccc(OCCN2CCN(c3cc(N4CCCC4)ncn3)CC2)cc1. The Morgan fingerprint density at radius 2 is 1.46 bits per heavy atom. The molecule has 0 unspecified atom stereocenters. The lowest BCUT2D eigenvalue weighted by Gasteiger charge is -2.35. The van der Waals surface area contributed by atoms with Crippen molar-refractivity contribution >= 4 is 11.6 Å². The van der Waals surface area contributed by atoms with Gasteiger partial charge in [-0.3, -0.25) is 4.90 Å². The molecule has 0 radical (unpaired) electrons. The number of hydrogen-bond donors (Lipinski definition) is 0. The van der Waals surface area contributed by atoms with Gasteiger partial charge in [0.05, 0.1) is 0 Å². The summed E-state index contributed by atoms with van der Waals surface area (Å²) in [6.07, 6.45) is 4.25. The molecule has 6 heteroatoms. The first kappa shape index (κ1) is 17.1. The van der Waals surface area contributed by atoms with Crippen LogP contribution in [0, 0.1) is 0 Å². The molecule has 26 heavy (non-hydrogen) atoms. The van der Waals surface area contributed by atoms with Gasteiger partial charge in [-0.1, -0.05) is 18.2 Å². The van der Waals surface area contributed by atoms with Crippen LogP contribution in [0.3, 0.4) is 0 Å². The van der Waals surface area contributed by atoms with E-state index in [9.17, 15) is 0 Å². The molecule has 0 atom stereocenters. The number of nitrogens with zero attached hydrogens (tertiary/aromatic N) is 5. The summed E-state index contributed by atoms with van der Waals surface area (Å²) in [5, 5.41) is 0. The minimum absolute atomic E-state index is 0.733. The molecule has 0 N–H and O–H groups in total. The lowest BCUT2D eigenvalue weighted by Crippen LogP contribution is -2.47. The summed E-state index contributed by atoms with van der Waals surface area (Å²) in [7, 11) is 0. The van der Waals surface area contributed by atoms with E-state index in [0.29, 0.717) is 0 Å². The number of rotatable bonds is 6. The second kappa shape index (κ2) is 8.36. The van der Waals surface area contributed by atoms with Crippen LogP contribution in [0.1, 0.15) is 12.8 Å². The quantitative estimate of drug-likeness (QED) is 0.794. The van der Waals surface area contributed by atoms with E-state index in [0.717, 1.165) is 69.8 Å². The van der Waals surface area contributed by atoms with Gasteiger partial charge in [-0.2, -0.15) is 0 Å². The number of piperazine rings is 1. The second-order valence-corrected chi connectivity index (χ2v) is 6.92. The molecule has 3 heterocycles. The van der Waals surface area contributed by atoms with Crippen LogP contribution in [0.15, 0.2) is 42.7 Å². The van der Waals surface area contributed by atoms with Crippen molar-refractivity contribution in [3.63, 3.8) is 0 Å². The molecule has 4 rings (SSSR count). The maximum absolute atomic E-state index is 5.81. The van der Waals surface area contributed by atoms with E-state index in [2.05, 4.69) is 30.7 Å². The fourth-order valence-electron chi connectivity index (χ4n) is 3.64. The number of benzene rings is 1. The predicted molar refractivity (Wildman–Crippen MR) is 104 cm³/mol. The highest BCUT2D eigenvalue weighted by Gasteiger charge is 2.20. The van der Waals surface area contributed by atoms with Gasteiger partial charge in [-0.05, 0) is 25.0 Å². The summed E-state index contributed by atoms with van der Waals surface area (Å²) < 4.78 is 5.81. The molecule has 6 nitrogen and oxygen atoms in total. The molecule has 2 aliphatic heterocycles. The largest absolute Gasteiger partial charge is 0.492 e. The maximum atomic E-state index is 5.81. The molecule has 1 aromatic carbocycles. The van der Waals surface area contributed by atoms with Crippen LogP contribution in [-0.2, 0) is 0 Å². The Labute approximate surface area is 155 Å². The Hall–Kier alpha value is -2.34. The van der Waals surface area contributed by atoms with Gasteiger partial charge in [0.15, 0.2) is 0 Å². The Morgan fingerprint density at radius 3 is 2.15 bits per heavy atom. The van der Waals surface area contributed by atoms with Crippen molar-refractivity contribution in [1.82, 2.24) is 14.9 Å². The zero-order valence-electron chi connectivity index (χ0n) is 15.3. The van der Waals surface area contributed by atoms with Gasteiger partial charge < -0.3 is 14.5 Å². The van der Waals surface area contributed by atoms with Crippen molar-refractivity contribution < 1.29 is 4.74 Å². The second-order valence-electron chi connectivity index (χ2n) is 6.92. The van der Waals surface area contributed by atoms with Gasteiger partial charge >= 0.3 is 0 Å². The van der Waals surface area contributed by atoms with E-state index >= 15 is 0 Å². The molecule has 138 valence electrons. The Bertz CT molecular complexity index is 682. The summed E-state index contributed by atoms with van der Waals surface area (Å²) in [5.41, 5.74) is 0. The molecular weight excluding hydrogens is 326 g/mol. The van der Waals surface area contributed by atoms with Crippen molar-refractivity contribution in [2.24, 2.45) is 0 Å². The van der Waals surface area contributed by atoms with Crippen LogP contribution in [0.4, 0.5) is 11.6 Å². The first-order valence-electron chi connectivity index (χ1n) is 9.61. The number of anilines is 2. The molecule has 2 fully saturated rings. The van der Waals surface area contributed by atoms with Gasteiger partial charge in [0.25, 0.3) is 0 Å². The van der Waals surface area contributed by atoms with Crippen molar-refractivity contribution in [2.75, 3.05) is 62.2 Å². The average molecular weight is 353 g/mol. The summed E-state index contributed by atoms with van der Waals surface area (Å²) in [5.74, 6) is 3.08. The van der Waals surface area contributed by atoms with E-state index < -0.39 is 0 Å². The molecule has 2 saturated heterocycles. The highest BCUT2D eigenvalue weighted by Crippen LogP contribution is 2.22. The zero-order valence-corrected chi connectivity index (χ0v) is 15.3. The number of aromatic nitrogens is 2. The van der Waals surface area contributed by atoms with Gasteiger partial charge in [-0.15, -0.1) is 0 Å². The van der Waals surface area contributed by atoms with Crippen molar-refractivity contribution in [3.8, 4) is 5.75 Å². The first-order chi connectivity index (χ1) is 12.9. The molecule has 2 aliphatic rings. The third-order valence-electron chi connectivity index (χ3n) is 5.18. The Morgan fingerprint density at radius 1 is 0.808 bits per heavy atom. The van der Waals surface area contributed by atoms with Crippen LogP contribution in [-0.4, -0.2) is 67.3 Å². The summed E-state index contributed by atoms with van der Waals surface area (Å²) in [6.45, 7) is 8.02. The van der Waals surface area contributed by atoms with Crippen LogP contribution < -0.4 is 14.5 Å². The summed E-state index contributed by atoms with van der Waals surface area (Å²) in [4.78, 5) is 16.2. The van der Waals surface area contributed by atoms with E-state index in [-0.39, 0.29) is 0 Å². The van der Waals surface area contributed by atoms with Gasteiger partial charge in [0, 0.05) is 51.9 Å². The number of ether oxygens (including phenoxy) is 1. The first-order valence-corrected chi connectivity index (χ1v) is 9.61. The van der Waals surface area contributed by atoms with Crippen molar-refractivity contribution in [1.29, 1.82) is 0 Å². The predicted octanol–water partition coefficient (Wildman–Crippen LogP) is 2.28. The van der Waals surface area contributed by atoms with Crippen molar-refractivity contribution in [3.05, 3.63) is 42.7 Å².